The monoisotopic (exact) mass is 765 g/mol. The van der Waals surface area contributed by atoms with Gasteiger partial charge in [-0.25, -0.2) is 0 Å². The maximum absolute atomic E-state index is 6.22. The lowest BCUT2D eigenvalue weighted by Crippen LogP contribution is -2.09. The van der Waals surface area contributed by atoms with Crippen molar-refractivity contribution >= 4 is 49.6 Å². The van der Waals surface area contributed by atoms with Crippen molar-refractivity contribution in [2.24, 2.45) is 0 Å². The maximum atomic E-state index is 6.22. The first kappa shape index (κ1) is 35.2. The molecule has 0 radical (unpaired) electrons. The van der Waals surface area contributed by atoms with Crippen molar-refractivity contribution in [3.05, 3.63) is 237 Å². The molecule has 0 bridgehead atoms. The van der Waals surface area contributed by atoms with Crippen LogP contribution in [0.1, 0.15) is 0 Å². The molecule has 0 aliphatic carbocycles. The number of benzene rings is 10. The Morgan fingerprint density at radius 3 is 1.32 bits per heavy atom. The Bertz CT molecular complexity index is 3240. The smallest absolute Gasteiger partial charge is 0.135 e. The molecule has 0 saturated carbocycles. The molecule has 11 rings (SSSR count). The second kappa shape index (κ2) is 15.1. The highest BCUT2D eigenvalue weighted by molar-refractivity contribution is 6.08. The molecule has 0 aliphatic heterocycles. The molecular formula is C58H39NO. The van der Waals surface area contributed by atoms with Crippen LogP contribution in [0.15, 0.2) is 241 Å². The SMILES string of the molecule is c1ccc(-c2ccc(-c3ccc(N(c4ccc(-c5cccc(-c6cc7ccccc7o6)c5)cc4)c4ccc(-c5ccc6c(ccc7ccccc76)c5)cc4)cc3)cc2)cc1. The zero-order valence-corrected chi connectivity index (χ0v) is 32.9. The van der Waals surface area contributed by atoms with E-state index in [1.165, 1.54) is 54.9 Å². The minimum Gasteiger partial charge on any atom is -0.456 e. The fourth-order valence-electron chi connectivity index (χ4n) is 8.51. The van der Waals surface area contributed by atoms with E-state index in [2.05, 4.69) is 223 Å². The lowest BCUT2D eigenvalue weighted by molar-refractivity contribution is 0.631. The van der Waals surface area contributed by atoms with Gasteiger partial charge >= 0.3 is 0 Å². The summed E-state index contributed by atoms with van der Waals surface area (Å²) in [6, 6.07) is 84.9. The standard InChI is InChI=1S/C58H39NO/c1-2-9-40(10-3-1)41-17-19-42(20-18-41)43-23-30-52(31-24-43)59(54-34-27-45(28-35-54)48-29-36-56-49(37-48)22-21-46-11-4-6-15-55(46)56)53-32-25-44(26-33-53)47-13-8-14-50(38-47)58-39-51-12-5-7-16-57(51)60-58/h1-39H. The topological polar surface area (TPSA) is 16.4 Å². The lowest BCUT2D eigenvalue weighted by atomic mass is 9.97. The van der Waals surface area contributed by atoms with E-state index in [1.807, 2.05) is 18.2 Å². The molecule has 10 aromatic carbocycles. The van der Waals surface area contributed by atoms with Crippen molar-refractivity contribution in [3.8, 4) is 55.8 Å². The van der Waals surface area contributed by atoms with E-state index in [4.69, 9.17) is 4.42 Å². The van der Waals surface area contributed by atoms with Crippen molar-refractivity contribution in [2.45, 2.75) is 0 Å². The Kier molecular flexibility index (Phi) is 8.87. The normalized spacial score (nSPS) is 11.3. The number of hydrogen-bond donors (Lipinski definition) is 0. The number of nitrogens with zero attached hydrogens (tertiary/aromatic N) is 1. The highest BCUT2D eigenvalue weighted by Crippen LogP contribution is 2.39. The minimum atomic E-state index is 0.872. The summed E-state index contributed by atoms with van der Waals surface area (Å²) >= 11 is 0. The maximum Gasteiger partial charge on any atom is 0.135 e. The van der Waals surface area contributed by atoms with Gasteiger partial charge in [0.1, 0.15) is 11.3 Å². The number of furan rings is 1. The van der Waals surface area contributed by atoms with Crippen LogP contribution in [0.2, 0.25) is 0 Å². The molecule has 2 nitrogen and oxygen atoms in total. The van der Waals surface area contributed by atoms with E-state index < -0.39 is 0 Å². The second-order valence-electron chi connectivity index (χ2n) is 15.4. The van der Waals surface area contributed by atoms with E-state index in [1.54, 1.807) is 0 Å². The van der Waals surface area contributed by atoms with Gasteiger partial charge in [-0.2, -0.15) is 0 Å². The van der Waals surface area contributed by atoms with Crippen molar-refractivity contribution in [1.82, 2.24) is 0 Å². The number of hydrogen-bond acceptors (Lipinski definition) is 2. The summed E-state index contributed by atoms with van der Waals surface area (Å²) in [5.41, 5.74) is 14.7. The van der Waals surface area contributed by atoms with Crippen LogP contribution < -0.4 is 4.90 Å². The second-order valence-corrected chi connectivity index (χ2v) is 15.4. The summed E-state index contributed by atoms with van der Waals surface area (Å²) < 4.78 is 6.22. The number of fused-ring (bicyclic) bond motifs is 4. The third-order valence-corrected chi connectivity index (χ3v) is 11.7. The number of anilines is 3. The molecular weight excluding hydrogens is 727 g/mol. The predicted molar refractivity (Wildman–Crippen MR) is 253 cm³/mol. The molecule has 0 saturated heterocycles. The highest BCUT2D eigenvalue weighted by Gasteiger charge is 2.15. The summed E-state index contributed by atoms with van der Waals surface area (Å²) in [5.74, 6) is 0.872. The molecule has 11 aromatic rings. The average Bonchev–Trinajstić information content (AvgIpc) is 3.77. The van der Waals surface area contributed by atoms with Crippen LogP contribution in [0.4, 0.5) is 17.1 Å². The molecule has 60 heavy (non-hydrogen) atoms. The van der Waals surface area contributed by atoms with Crippen molar-refractivity contribution in [3.63, 3.8) is 0 Å². The van der Waals surface area contributed by atoms with Crippen LogP contribution in [0.3, 0.4) is 0 Å². The van der Waals surface area contributed by atoms with E-state index in [9.17, 15) is 0 Å². The largest absolute Gasteiger partial charge is 0.456 e. The first-order valence-corrected chi connectivity index (χ1v) is 20.5. The van der Waals surface area contributed by atoms with Crippen LogP contribution >= 0.6 is 0 Å². The Balaban J connectivity index is 0.928. The van der Waals surface area contributed by atoms with Gasteiger partial charge in [-0.05, 0) is 127 Å². The van der Waals surface area contributed by atoms with Crippen LogP contribution in [0.25, 0.3) is 88.3 Å². The molecule has 1 heterocycles. The van der Waals surface area contributed by atoms with Gasteiger partial charge in [-0.3, -0.25) is 0 Å². The first-order valence-electron chi connectivity index (χ1n) is 20.5. The van der Waals surface area contributed by atoms with Gasteiger partial charge in [-0.1, -0.05) is 176 Å². The van der Waals surface area contributed by atoms with E-state index in [0.717, 1.165) is 50.5 Å². The van der Waals surface area contributed by atoms with Gasteiger partial charge in [0.15, 0.2) is 0 Å². The summed E-state index contributed by atoms with van der Waals surface area (Å²) in [4.78, 5) is 2.34. The predicted octanol–water partition coefficient (Wildman–Crippen LogP) is 16.5. The molecule has 282 valence electrons. The summed E-state index contributed by atoms with van der Waals surface area (Å²) in [6.45, 7) is 0. The third-order valence-electron chi connectivity index (χ3n) is 11.7. The Hall–Kier alpha value is -7.94. The lowest BCUT2D eigenvalue weighted by Gasteiger charge is -2.26. The first-order chi connectivity index (χ1) is 29.7. The van der Waals surface area contributed by atoms with Gasteiger partial charge in [0.25, 0.3) is 0 Å². The summed E-state index contributed by atoms with van der Waals surface area (Å²) in [6.07, 6.45) is 0. The minimum absolute atomic E-state index is 0.872. The fraction of sp³-hybridized carbons (Fsp3) is 0. The van der Waals surface area contributed by atoms with Gasteiger partial charge in [0.2, 0.25) is 0 Å². The Morgan fingerprint density at radius 1 is 0.250 bits per heavy atom. The zero-order valence-electron chi connectivity index (χ0n) is 32.9. The van der Waals surface area contributed by atoms with Crippen LogP contribution in [-0.2, 0) is 0 Å². The van der Waals surface area contributed by atoms with Crippen LogP contribution in [0, 0.1) is 0 Å². The molecule has 0 N–H and O–H groups in total. The molecule has 1 aromatic heterocycles. The molecule has 0 atom stereocenters. The zero-order chi connectivity index (χ0) is 39.8. The Labute approximate surface area is 349 Å². The number of rotatable bonds is 8. The molecule has 0 amide bonds. The fourth-order valence-corrected chi connectivity index (χ4v) is 8.51. The quantitative estimate of drug-likeness (QED) is 0.143. The van der Waals surface area contributed by atoms with Crippen molar-refractivity contribution in [1.29, 1.82) is 0 Å². The van der Waals surface area contributed by atoms with E-state index >= 15 is 0 Å². The van der Waals surface area contributed by atoms with E-state index in [0.29, 0.717) is 0 Å². The van der Waals surface area contributed by atoms with Crippen molar-refractivity contribution < 1.29 is 4.42 Å². The van der Waals surface area contributed by atoms with E-state index in [-0.39, 0.29) is 0 Å². The molecule has 0 fully saturated rings. The van der Waals surface area contributed by atoms with Gasteiger partial charge in [-0.15, -0.1) is 0 Å². The highest BCUT2D eigenvalue weighted by atomic mass is 16.3. The van der Waals surface area contributed by atoms with Crippen LogP contribution in [-0.4, -0.2) is 0 Å². The summed E-state index contributed by atoms with van der Waals surface area (Å²) in [7, 11) is 0. The summed E-state index contributed by atoms with van der Waals surface area (Å²) in [5, 5.41) is 6.18. The Morgan fingerprint density at radius 2 is 0.683 bits per heavy atom. The van der Waals surface area contributed by atoms with Gasteiger partial charge < -0.3 is 9.32 Å². The molecule has 0 unspecified atom stereocenters. The third kappa shape index (κ3) is 6.70. The molecule has 0 aliphatic rings. The van der Waals surface area contributed by atoms with Crippen LogP contribution in [0.5, 0.6) is 0 Å². The number of para-hydroxylation sites is 1. The average molecular weight is 766 g/mol. The molecule has 0 spiro atoms. The van der Waals surface area contributed by atoms with Crippen molar-refractivity contribution in [2.75, 3.05) is 4.90 Å². The molecule has 2 heteroatoms. The van der Waals surface area contributed by atoms with Gasteiger partial charge in [0.05, 0.1) is 0 Å². The van der Waals surface area contributed by atoms with Gasteiger partial charge in [0, 0.05) is 28.0 Å².